The van der Waals surface area contributed by atoms with Gasteiger partial charge in [-0.2, -0.15) is 0 Å². The van der Waals surface area contributed by atoms with Gasteiger partial charge in [-0.3, -0.25) is 19.5 Å². The Morgan fingerprint density at radius 2 is 1.79 bits per heavy atom. The van der Waals surface area contributed by atoms with Crippen molar-refractivity contribution < 1.29 is 24.2 Å². The summed E-state index contributed by atoms with van der Waals surface area (Å²) >= 11 is 0. The van der Waals surface area contributed by atoms with Crippen LogP contribution in [0.25, 0.3) is 5.76 Å². The highest BCUT2D eigenvalue weighted by Crippen LogP contribution is 2.42. The number of carbonyl (C=O) groups is 2. The number of carbonyl (C=O) groups excluding carboxylic acids is 2. The molecule has 3 heterocycles. The first-order valence-corrected chi connectivity index (χ1v) is 10.8. The number of rotatable bonds is 4. The van der Waals surface area contributed by atoms with Gasteiger partial charge in [0, 0.05) is 17.4 Å². The number of aromatic nitrogens is 1. The number of aliphatic hydroxyl groups is 1. The molecule has 1 aromatic heterocycles. The summed E-state index contributed by atoms with van der Waals surface area (Å²) in [4.78, 5) is 32.2. The monoisotopic (exact) mass is 442 g/mol. The van der Waals surface area contributed by atoms with Crippen molar-refractivity contribution in [2.24, 2.45) is 0 Å². The first-order valence-electron chi connectivity index (χ1n) is 10.8. The quantitative estimate of drug-likeness (QED) is 0.373. The molecule has 0 bridgehead atoms. The fraction of sp³-hybridized carbons (Fsp3) is 0.192. The Kier molecular flexibility index (Phi) is 5.30. The van der Waals surface area contributed by atoms with Crippen molar-refractivity contribution >= 4 is 23.1 Å². The number of hydrogen-bond acceptors (Lipinski definition) is 6. The zero-order valence-corrected chi connectivity index (χ0v) is 18.0. The number of benzene rings is 2. The largest absolute Gasteiger partial charge is 0.507 e. The van der Waals surface area contributed by atoms with E-state index in [1.165, 1.54) is 4.90 Å². The zero-order chi connectivity index (χ0) is 22.9. The predicted octanol–water partition coefficient (Wildman–Crippen LogP) is 4.04. The molecule has 166 valence electrons. The fourth-order valence-corrected chi connectivity index (χ4v) is 4.15. The molecule has 1 unspecified atom stereocenters. The van der Waals surface area contributed by atoms with Crippen LogP contribution >= 0.6 is 0 Å². The van der Waals surface area contributed by atoms with Gasteiger partial charge in [-0.25, -0.2) is 0 Å². The van der Waals surface area contributed by atoms with Crippen molar-refractivity contribution in [1.29, 1.82) is 0 Å². The van der Waals surface area contributed by atoms with E-state index >= 15 is 0 Å². The molecular weight excluding hydrogens is 420 g/mol. The third kappa shape index (κ3) is 3.61. The van der Waals surface area contributed by atoms with E-state index in [2.05, 4.69) is 4.98 Å². The molecule has 2 aliphatic rings. The van der Waals surface area contributed by atoms with E-state index in [4.69, 9.17) is 9.47 Å². The Morgan fingerprint density at radius 3 is 2.48 bits per heavy atom. The summed E-state index contributed by atoms with van der Waals surface area (Å²) in [6.45, 7) is 2.88. The van der Waals surface area contributed by atoms with Crippen LogP contribution in [0.1, 0.15) is 29.8 Å². The van der Waals surface area contributed by atoms with Crippen molar-refractivity contribution in [3.05, 3.63) is 89.3 Å². The molecule has 1 saturated heterocycles. The highest BCUT2D eigenvalue weighted by Gasteiger charge is 2.47. The van der Waals surface area contributed by atoms with Gasteiger partial charge in [-0.1, -0.05) is 25.1 Å². The molecule has 0 spiro atoms. The van der Waals surface area contributed by atoms with E-state index in [0.717, 1.165) is 12.0 Å². The standard InChI is InChI=1S/C26H22N2O5/c1-2-16-6-9-18(10-7-16)28-23(19-5-3-4-12-27-19)22(25(30)26(28)31)24(29)17-8-11-20-21(15-17)33-14-13-32-20/h3-12,15,23,29H,2,13-14H2,1H3/b24-22-. The lowest BCUT2D eigenvalue weighted by Crippen LogP contribution is -2.29. The Balaban J connectivity index is 1.66. The molecule has 0 saturated carbocycles. The number of Topliss-reactive ketones (excluding diaryl/α,β-unsaturated/α-hetero) is 1. The second-order valence-electron chi connectivity index (χ2n) is 7.80. The lowest BCUT2D eigenvalue weighted by atomic mass is 9.98. The van der Waals surface area contributed by atoms with E-state index in [1.807, 2.05) is 31.2 Å². The number of nitrogens with zero attached hydrogens (tertiary/aromatic N) is 2. The van der Waals surface area contributed by atoms with Crippen LogP contribution in [0.3, 0.4) is 0 Å². The van der Waals surface area contributed by atoms with Crippen LogP contribution in [0.5, 0.6) is 11.5 Å². The molecular formula is C26H22N2O5. The Hall–Kier alpha value is -4.13. The molecule has 3 aromatic rings. The lowest BCUT2D eigenvalue weighted by molar-refractivity contribution is -0.132. The molecule has 0 radical (unpaired) electrons. The average Bonchev–Trinajstić information content (AvgIpc) is 3.14. The molecule has 2 aromatic carbocycles. The number of ketones is 1. The van der Waals surface area contributed by atoms with Crippen LogP contribution in [-0.2, 0) is 16.0 Å². The number of ether oxygens (including phenoxy) is 2. The van der Waals surface area contributed by atoms with Gasteiger partial charge < -0.3 is 14.6 Å². The summed E-state index contributed by atoms with van der Waals surface area (Å²) in [5, 5.41) is 11.2. The van der Waals surface area contributed by atoms with Gasteiger partial charge in [0.05, 0.1) is 11.3 Å². The topological polar surface area (TPSA) is 89.0 Å². The van der Waals surface area contributed by atoms with E-state index in [-0.39, 0.29) is 11.3 Å². The predicted molar refractivity (Wildman–Crippen MR) is 122 cm³/mol. The molecule has 0 aliphatic carbocycles. The number of anilines is 1. The molecule has 1 fully saturated rings. The number of aryl methyl sites for hydroxylation is 1. The third-order valence-corrected chi connectivity index (χ3v) is 5.85. The van der Waals surface area contributed by atoms with Crippen LogP contribution in [0.4, 0.5) is 5.69 Å². The van der Waals surface area contributed by atoms with Gasteiger partial charge >= 0.3 is 0 Å². The molecule has 1 N–H and O–H groups in total. The summed E-state index contributed by atoms with van der Waals surface area (Å²) in [6.07, 6.45) is 2.45. The number of hydrogen-bond donors (Lipinski definition) is 1. The fourth-order valence-electron chi connectivity index (χ4n) is 4.15. The van der Waals surface area contributed by atoms with Crippen molar-refractivity contribution in [3.8, 4) is 11.5 Å². The van der Waals surface area contributed by atoms with Gasteiger partial charge in [-0.15, -0.1) is 0 Å². The van der Waals surface area contributed by atoms with Gasteiger partial charge in [0.2, 0.25) is 0 Å². The lowest BCUT2D eigenvalue weighted by Gasteiger charge is -2.25. The first-order chi connectivity index (χ1) is 16.1. The van der Waals surface area contributed by atoms with E-state index in [0.29, 0.717) is 41.7 Å². The number of fused-ring (bicyclic) bond motifs is 1. The average molecular weight is 442 g/mol. The van der Waals surface area contributed by atoms with E-state index in [9.17, 15) is 14.7 Å². The van der Waals surface area contributed by atoms with Crippen LogP contribution in [-0.4, -0.2) is 35.0 Å². The minimum absolute atomic E-state index is 0.0186. The van der Waals surface area contributed by atoms with Crippen LogP contribution in [0.15, 0.2) is 72.4 Å². The van der Waals surface area contributed by atoms with Crippen molar-refractivity contribution in [1.82, 2.24) is 4.98 Å². The van der Waals surface area contributed by atoms with Gasteiger partial charge in [0.15, 0.2) is 11.5 Å². The summed E-state index contributed by atoms with van der Waals surface area (Å²) in [5.74, 6) is -0.722. The molecule has 7 heteroatoms. The number of aliphatic hydroxyl groups excluding tert-OH is 1. The van der Waals surface area contributed by atoms with E-state index < -0.39 is 17.7 Å². The Labute approximate surface area is 190 Å². The minimum atomic E-state index is -0.869. The zero-order valence-electron chi connectivity index (χ0n) is 18.0. The van der Waals surface area contributed by atoms with Crippen LogP contribution < -0.4 is 14.4 Å². The smallest absolute Gasteiger partial charge is 0.300 e. The summed E-state index contributed by atoms with van der Waals surface area (Å²) < 4.78 is 11.2. The summed E-state index contributed by atoms with van der Waals surface area (Å²) in [5.41, 5.74) is 2.50. The maximum atomic E-state index is 13.2. The van der Waals surface area contributed by atoms with Crippen molar-refractivity contribution in [3.63, 3.8) is 0 Å². The Bertz CT molecular complexity index is 1250. The highest BCUT2D eigenvalue weighted by molar-refractivity contribution is 6.51. The molecule has 7 nitrogen and oxygen atoms in total. The molecule has 1 amide bonds. The van der Waals surface area contributed by atoms with Gasteiger partial charge in [0.25, 0.3) is 11.7 Å². The summed E-state index contributed by atoms with van der Waals surface area (Å²) in [6, 6.07) is 16.8. The number of amides is 1. The number of pyridine rings is 1. The molecule has 2 aliphatic heterocycles. The van der Waals surface area contributed by atoms with Gasteiger partial charge in [0.1, 0.15) is 25.0 Å². The normalized spacial score (nSPS) is 19.1. The van der Waals surface area contributed by atoms with Crippen molar-refractivity contribution in [2.45, 2.75) is 19.4 Å². The van der Waals surface area contributed by atoms with Crippen LogP contribution in [0.2, 0.25) is 0 Å². The molecule has 1 atom stereocenters. The maximum absolute atomic E-state index is 13.2. The second-order valence-corrected chi connectivity index (χ2v) is 7.80. The Morgan fingerprint density at radius 1 is 1.03 bits per heavy atom. The summed E-state index contributed by atoms with van der Waals surface area (Å²) in [7, 11) is 0. The third-order valence-electron chi connectivity index (χ3n) is 5.85. The van der Waals surface area contributed by atoms with Gasteiger partial charge in [-0.05, 0) is 54.4 Å². The molecule has 5 rings (SSSR count). The SMILES string of the molecule is CCc1ccc(N2C(=O)C(=O)/C(=C(\O)c3ccc4c(c3)OCCO4)C2c2ccccn2)cc1. The maximum Gasteiger partial charge on any atom is 0.300 e. The second kappa shape index (κ2) is 8.43. The highest BCUT2D eigenvalue weighted by atomic mass is 16.6. The van der Waals surface area contributed by atoms with E-state index in [1.54, 1.807) is 42.6 Å². The molecule has 33 heavy (non-hydrogen) atoms. The van der Waals surface area contributed by atoms with Crippen molar-refractivity contribution in [2.75, 3.05) is 18.1 Å². The van der Waals surface area contributed by atoms with Crippen LogP contribution in [0, 0.1) is 0 Å². The first kappa shape index (κ1) is 20.8. The minimum Gasteiger partial charge on any atom is -0.507 e.